The molecule has 2 aromatic carbocycles. The summed E-state index contributed by atoms with van der Waals surface area (Å²) in [5, 5.41) is 2.56. The largest absolute Gasteiger partial charge is 0.496 e. The summed E-state index contributed by atoms with van der Waals surface area (Å²) in [4.78, 5) is 24.6. The van der Waals surface area contributed by atoms with Gasteiger partial charge in [-0.1, -0.05) is 13.0 Å². The van der Waals surface area contributed by atoms with Gasteiger partial charge in [0.1, 0.15) is 5.75 Å². The topological polar surface area (TPSA) is 64.6 Å². The molecule has 0 fully saturated rings. The fraction of sp³-hybridized carbons (Fsp3) is 0.364. The quantitative estimate of drug-likeness (QED) is 0.600. The van der Waals surface area contributed by atoms with Gasteiger partial charge in [-0.05, 0) is 61.7 Å². The minimum Gasteiger partial charge on any atom is -0.496 e. The van der Waals surface area contributed by atoms with E-state index in [1.54, 1.807) is 25.1 Å². The summed E-state index contributed by atoms with van der Waals surface area (Å²) >= 11 is 0. The van der Waals surface area contributed by atoms with Crippen molar-refractivity contribution in [3.63, 3.8) is 0 Å². The summed E-state index contributed by atoms with van der Waals surface area (Å²) in [6.07, 6.45) is -3.40. The zero-order chi connectivity index (χ0) is 22.3. The molecule has 1 atom stereocenters. The number of amides is 1. The summed E-state index contributed by atoms with van der Waals surface area (Å²) in [6, 6.07) is 9.12. The van der Waals surface area contributed by atoms with Gasteiger partial charge in [0.05, 0.1) is 30.8 Å². The van der Waals surface area contributed by atoms with Gasteiger partial charge in [-0.25, -0.2) is 0 Å². The molecule has 30 heavy (non-hydrogen) atoms. The maximum absolute atomic E-state index is 12.7. The summed E-state index contributed by atoms with van der Waals surface area (Å²) in [6.45, 7) is 3.95. The smallest absolute Gasteiger partial charge is 0.416 e. The van der Waals surface area contributed by atoms with Gasteiger partial charge in [-0.3, -0.25) is 9.59 Å². The molecule has 8 heteroatoms. The Morgan fingerprint density at radius 1 is 1.07 bits per heavy atom. The number of carbonyl (C=O) groups is 2. The van der Waals surface area contributed by atoms with Crippen LogP contribution >= 0.6 is 0 Å². The van der Waals surface area contributed by atoms with E-state index in [-0.39, 0.29) is 23.1 Å². The number of ether oxygens (including phenoxy) is 2. The van der Waals surface area contributed by atoms with Crippen molar-refractivity contribution in [2.24, 2.45) is 5.92 Å². The summed E-state index contributed by atoms with van der Waals surface area (Å²) in [5.74, 6) is -0.796. The zero-order valence-electron chi connectivity index (χ0n) is 17.0. The number of rotatable bonds is 8. The number of benzene rings is 2. The first kappa shape index (κ1) is 23.3. The number of anilines is 1. The van der Waals surface area contributed by atoms with Crippen LogP contribution in [0.5, 0.6) is 5.75 Å². The molecule has 0 aliphatic heterocycles. The van der Waals surface area contributed by atoms with Crippen LogP contribution in [0.25, 0.3) is 0 Å². The highest BCUT2D eigenvalue weighted by Gasteiger charge is 2.30. The van der Waals surface area contributed by atoms with Gasteiger partial charge in [0.2, 0.25) is 0 Å². The number of hydrogen-bond donors (Lipinski definition) is 1. The van der Waals surface area contributed by atoms with Crippen molar-refractivity contribution in [1.29, 1.82) is 0 Å². The average molecular weight is 423 g/mol. The molecule has 0 saturated carbocycles. The fourth-order valence-electron chi connectivity index (χ4n) is 2.93. The molecule has 2 aromatic rings. The number of methoxy groups -OCH3 is 1. The lowest BCUT2D eigenvalue weighted by molar-refractivity contribution is -0.148. The van der Waals surface area contributed by atoms with Crippen LogP contribution in [0.1, 0.15) is 41.8 Å². The molecule has 162 valence electrons. The first-order valence-corrected chi connectivity index (χ1v) is 9.51. The SMILES string of the molecule is CCOC(=O)C(CC)Cc1ccc(C(=O)Nc2ccc(C(F)(F)F)cc2)c(OC)c1. The number of hydrogen-bond acceptors (Lipinski definition) is 4. The molecule has 1 amide bonds. The third-order valence-electron chi connectivity index (χ3n) is 4.58. The second kappa shape index (κ2) is 10.1. The minimum atomic E-state index is -4.44. The van der Waals surface area contributed by atoms with Gasteiger partial charge in [0.25, 0.3) is 5.91 Å². The van der Waals surface area contributed by atoms with E-state index in [0.717, 1.165) is 17.7 Å². The maximum Gasteiger partial charge on any atom is 0.416 e. The van der Waals surface area contributed by atoms with E-state index in [4.69, 9.17) is 9.47 Å². The van der Waals surface area contributed by atoms with Crippen LogP contribution in [0.3, 0.4) is 0 Å². The van der Waals surface area contributed by atoms with Gasteiger partial charge < -0.3 is 14.8 Å². The molecule has 0 aliphatic rings. The number of carbonyl (C=O) groups excluding carboxylic acids is 2. The van der Waals surface area contributed by atoms with Crippen molar-refractivity contribution in [2.45, 2.75) is 32.9 Å². The van der Waals surface area contributed by atoms with Crippen LogP contribution in [-0.2, 0) is 22.1 Å². The third kappa shape index (κ3) is 5.98. The normalized spacial score (nSPS) is 12.2. The van der Waals surface area contributed by atoms with Gasteiger partial charge in [0.15, 0.2) is 0 Å². The number of esters is 1. The highest BCUT2D eigenvalue weighted by atomic mass is 19.4. The summed E-state index contributed by atoms with van der Waals surface area (Å²) in [5.41, 5.74) is 0.463. The molecule has 0 bridgehead atoms. The Balaban J connectivity index is 2.15. The summed E-state index contributed by atoms with van der Waals surface area (Å²) in [7, 11) is 1.41. The molecule has 1 N–H and O–H groups in total. The highest BCUT2D eigenvalue weighted by Crippen LogP contribution is 2.30. The number of alkyl halides is 3. The standard InChI is InChI=1S/C22H24F3NO4/c1-4-15(21(28)30-5-2)12-14-6-11-18(19(13-14)29-3)20(27)26-17-9-7-16(8-10-17)22(23,24)25/h6-11,13,15H,4-5,12H2,1-3H3,(H,26,27). The Morgan fingerprint density at radius 3 is 2.27 bits per heavy atom. The Kier molecular flexibility index (Phi) is 7.86. The molecule has 2 rings (SSSR count). The Labute approximate surface area is 173 Å². The lowest BCUT2D eigenvalue weighted by Crippen LogP contribution is -2.19. The van der Waals surface area contributed by atoms with E-state index in [0.29, 0.717) is 25.2 Å². The van der Waals surface area contributed by atoms with Crippen LogP contribution in [0.2, 0.25) is 0 Å². The second-order valence-corrected chi connectivity index (χ2v) is 6.63. The molecular formula is C22H24F3NO4. The minimum absolute atomic E-state index is 0.227. The first-order valence-electron chi connectivity index (χ1n) is 9.51. The predicted octanol–water partition coefficient (Wildman–Crippen LogP) is 5.10. The van der Waals surface area contributed by atoms with Crippen molar-refractivity contribution >= 4 is 17.6 Å². The molecule has 5 nitrogen and oxygen atoms in total. The van der Waals surface area contributed by atoms with E-state index < -0.39 is 17.6 Å². The van der Waals surface area contributed by atoms with Crippen LogP contribution in [-0.4, -0.2) is 25.6 Å². The van der Waals surface area contributed by atoms with Crippen LogP contribution in [0.15, 0.2) is 42.5 Å². The molecule has 1 unspecified atom stereocenters. The molecule has 0 radical (unpaired) electrons. The first-order chi connectivity index (χ1) is 14.2. The molecule has 0 aromatic heterocycles. The van der Waals surface area contributed by atoms with Crippen LogP contribution < -0.4 is 10.1 Å². The molecule has 0 aliphatic carbocycles. The molecule has 0 saturated heterocycles. The van der Waals surface area contributed by atoms with Gasteiger partial charge in [0, 0.05) is 5.69 Å². The van der Waals surface area contributed by atoms with Crippen molar-refractivity contribution in [3.05, 3.63) is 59.2 Å². The fourth-order valence-corrected chi connectivity index (χ4v) is 2.93. The van der Waals surface area contributed by atoms with Crippen LogP contribution in [0, 0.1) is 5.92 Å². The van der Waals surface area contributed by atoms with Gasteiger partial charge >= 0.3 is 12.1 Å². The van der Waals surface area contributed by atoms with Crippen molar-refractivity contribution < 1.29 is 32.2 Å². The number of nitrogens with one attached hydrogen (secondary N) is 1. The molecular weight excluding hydrogens is 399 g/mol. The van der Waals surface area contributed by atoms with Gasteiger partial charge in [-0.15, -0.1) is 0 Å². The van der Waals surface area contributed by atoms with E-state index in [2.05, 4.69) is 5.32 Å². The van der Waals surface area contributed by atoms with Crippen LogP contribution in [0.4, 0.5) is 18.9 Å². The monoisotopic (exact) mass is 423 g/mol. The predicted molar refractivity (Wildman–Crippen MR) is 107 cm³/mol. The number of halogens is 3. The average Bonchev–Trinajstić information content (AvgIpc) is 2.71. The maximum atomic E-state index is 12.7. The lowest BCUT2D eigenvalue weighted by Gasteiger charge is -2.15. The molecule has 0 spiro atoms. The van der Waals surface area contributed by atoms with E-state index in [1.807, 2.05) is 6.92 Å². The summed E-state index contributed by atoms with van der Waals surface area (Å²) < 4.78 is 48.4. The Bertz CT molecular complexity index is 879. The van der Waals surface area contributed by atoms with E-state index in [9.17, 15) is 22.8 Å². The second-order valence-electron chi connectivity index (χ2n) is 6.63. The van der Waals surface area contributed by atoms with E-state index in [1.165, 1.54) is 19.2 Å². The van der Waals surface area contributed by atoms with Crippen molar-refractivity contribution in [1.82, 2.24) is 0 Å². The molecule has 0 heterocycles. The Hall–Kier alpha value is -3.03. The zero-order valence-corrected chi connectivity index (χ0v) is 17.0. The Morgan fingerprint density at radius 2 is 1.73 bits per heavy atom. The van der Waals surface area contributed by atoms with Gasteiger partial charge in [-0.2, -0.15) is 13.2 Å². The highest BCUT2D eigenvalue weighted by molar-refractivity contribution is 6.06. The van der Waals surface area contributed by atoms with Crippen molar-refractivity contribution in [2.75, 3.05) is 19.0 Å². The van der Waals surface area contributed by atoms with Crippen molar-refractivity contribution in [3.8, 4) is 5.75 Å². The third-order valence-corrected chi connectivity index (χ3v) is 4.58. The van der Waals surface area contributed by atoms with E-state index >= 15 is 0 Å². The lowest BCUT2D eigenvalue weighted by atomic mass is 9.96.